The fourth-order valence-electron chi connectivity index (χ4n) is 1.68. The zero-order chi connectivity index (χ0) is 14.4. The van der Waals surface area contributed by atoms with Crippen molar-refractivity contribution in [3.63, 3.8) is 0 Å². The van der Waals surface area contributed by atoms with E-state index in [1.165, 1.54) is 0 Å². The van der Waals surface area contributed by atoms with E-state index in [1.807, 2.05) is 19.9 Å². The predicted molar refractivity (Wildman–Crippen MR) is 91.2 cm³/mol. The van der Waals surface area contributed by atoms with Crippen molar-refractivity contribution >= 4 is 35.6 Å². The van der Waals surface area contributed by atoms with E-state index >= 15 is 0 Å². The van der Waals surface area contributed by atoms with Gasteiger partial charge in [-0.2, -0.15) is 4.52 Å². The number of nitrogens with zero attached hydrogens (tertiary/aromatic N) is 5. The van der Waals surface area contributed by atoms with E-state index in [1.54, 1.807) is 17.7 Å². The Hall–Kier alpha value is -1.65. The van der Waals surface area contributed by atoms with Crippen LogP contribution in [0.2, 0.25) is 0 Å². The van der Waals surface area contributed by atoms with Crippen molar-refractivity contribution in [1.82, 2.24) is 30.4 Å². The van der Waals surface area contributed by atoms with Crippen LogP contribution in [-0.2, 0) is 6.54 Å². The summed E-state index contributed by atoms with van der Waals surface area (Å²) in [5.41, 5.74) is 0.671. The van der Waals surface area contributed by atoms with Crippen LogP contribution in [-0.4, -0.2) is 46.0 Å². The van der Waals surface area contributed by atoms with Gasteiger partial charge in [-0.25, -0.2) is 4.99 Å². The van der Waals surface area contributed by atoms with Crippen molar-refractivity contribution in [3.05, 3.63) is 18.0 Å². The molecule has 9 heteroatoms. The summed E-state index contributed by atoms with van der Waals surface area (Å²) in [4.78, 5) is 4.44. The minimum Gasteiger partial charge on any atom is -0.480 e. The fourth-order valence-corrected chi connectivity index (χ4v) is 1.68. The van der Waals surface area contributed by atoms with E-state index in [-0.39, 0.29) is 24.0 Å². The lowest BCUT2D eigenvalue weighted by Crippen LogP contribution is -2.37. The standard InChI is InChI=1S/C12H19N7O.HI/c1-4-13-12(14-5-2)15-8-10-17-16-9-6-7-11(20-3)18-19(9)10;/h6-7H,4-5,8H2,1-3H3,(H2,13,14,15);1H. The molecule has 0 radical (unpaired) electrons. The molecule has 0 bridgehead atoms. The number of nitrogens with one attached hydrogen (secondary N) is 2. The van der Waals surface area contributed by atoms with Crippen LogP contribution in [0.1, 0.15) is 19.7 Å². The van der Waals surface area contributed by atoms with Gasteiger partial charge in [-0.1, -0.05) is 0 Å². The third-order valence-electron chi connectivity index (χ3n) is 2.58. The van der Waals surface area contributed by atoms with Gasteiger partial charge in [-0.05, 0) is 19.9 Å². The molecular weight excluding hydrogens is 385 g/mol. The maximum Gasteiger partial charge on any atom is 0.231 e. The summed E-state index contributed by atoms with van der Waals surface area (Å²) in [6.07, 6.45) is 0. The van der Waals surface area contributed by atoms with E-state index in [9.17, 15) is 0 Å². The molecule has 21 heavy (non-hydrogen) atoms. The Bertz CT molecular complexity index is 590. The Kier molecular flexibility index (Phi) is 7.12. The first-order chi connectivity index (χ1) is 9.78. The number of halogens is 1. The summed E-state index contributed by atoms with van der Waals surface area (Å²) in [7, 11) is 1.57. The molecule has 0 aromatic carbocycles. The molecule has 116 valence electrons. The normalized spacial score (nSPS) is 9.86. The summed E-state index contributed by atoms with van der Waals surface area (Å²) < 4.78 is 6.74. The third kappa shape index (κ3) is 4.41. The van der Waals surface area contributed by atoms with Crippen molar-refractivity contribution in [1.29, 1.82) is 0 Å². The predicted octanol–water partition coefficient (Wildman–Crippen LogP) is 0.826. The van der Waals surface area contributed by atoms with Crippen LogP contribution in [0.4, 0.5) is 0 Å². The number of guanidine groups is 1. The lowest BCUT2D eigenvalue weighted by Gasteiger charge is -2.08. The summed E-state index contributed by atoms with van der Waals surface area (Å²) in [5.74, 6) is 1.92. The molecular formula is C12H20IN7O. The van der Waals surface area contributed by atoms with Gasteiger partial charge in [0.2, 0.25) is 5.88 Å². The monoisotopic (exact) mass is 405 g/mol. The Morgan fingerprint density at radius 1 is 1.24 bits per heavy atom. The number of aromatic nitrogens is 4. The average Bonchev–Trinajstić information content (AvgIpc) is 2.87. The zero-order valence-electron chi connectivity index (χ0n) is 12.3. The summed E-state index contributed by atoms with van der Waals surface area (Å²) in [5, 5.41) is 18.7. The van der Waals surface area contributed by atoms with Gasteiger partial charge in [-0.3, -0.25) is 0 Å². The van der Waals surface area contributed by atoms with E-state index in [2.05, 4.69) is 30.9 Å². The fraction of sp³-hybridized carbons (Fsp3) is 0.500. The first-order valence-electron chi connectivity index (χ1n) is 6.56. The van der Waals surface area contributed by atoms with Gasteiger partial charge in [0.15, 0.2) is 17.4 Å². The molecule has 2 heterocycles. The third-order valence-corrected chi connectivity index (χ3v) is 2.58. The first kappa shape index (κ1) is 17.4. The van der Waals surface area contributed by atoms with Crippen LogP contribution in [0, 0.1) is 0 Å². The van der Waals surface area contributed by atoms with Gasteiger partial charge in [0, 0.05) is 19.2 Å². The molecule has 2 aromatic heterocycles. The summed E-state index contributed by atoms with van der Waals surface area (Å²) >= 11 is 0. The molecule has 8 nitrogen and oxygen atoms in total. The van der Waals surface area contributed by atoms with Crippen molar-refractivity contribution in [2.75, 3.05) is 20.2 Å². The molecule has 0 saturated carbocycles. The molecule has 0 fully saturated rings. The van der Waals surface area contributed by atoms with E-state index < -0.39 is 0 Å². The minimum atomic E-state index is 0. The second kappa shape index (κ2) is 8.60. The van der Waals surface area contributed by atoms with Crippen molar-refractivity contribution < 1.29 is 4.74 Å². The molecule has 2 N–H and O–H groups in total. The Morgan fingerprint density at radius 2 is 1.95 bits per heavy atom. The van der Waals surface area contributed by atoms with Crippen LogP contribution in [0.25, 0.3) is 5.65 Å². The van der Waals surface area contributed by atoms with Crippen LogP contribution in [0.15, 0.2) is 17.1 Å². The molecule has 0 unspecified atom stereocenters. The van der Waals surface area contributed by atoms with Gasteiger partial charge in [0.05, 0.1) is 7.11 Å². The van der Waals surface area contributed by atoms with Gasteiger partial charge >= 0.3 is 0 Å². The van der Waals surface area contributed by atoms with Crippen LogP contribution in [0.5, 0.6) is 5.88 Å². The lowest BCUT2D eigenvalue weighted by molar-refractivity contribution is 0.389. The smallest absolute Gasteiger partial charge is 0.231 e. The SMILES string of the molecule is CCNC(=NCc1nnc2ccc(OC)nn12)NCC.I. The topological polar surface area (TPSA) is 88.7 Å². The highest BCUT2D eigenvalue weighted by Gasteiger charge is 2.07. The second-order valence-corrected chi connectivity index (χ2v) is 3.99. The van der Waals surface area contributed by atoms with Gasteiger partial charge in [-0.15, -0.1) is 39.3 Å². The Morgan fingerprint density at radius 3 is 2.57 bits per heavy atom. The van der Waals surface area contributed by atoms with E-state index in [0.717, 1.165) is 19.0 Å². The van der Waals surface area contributed by atoms with Crippen LogP contribution < -0.4 is 15.4 Å². The summed E-state index contributed by atoms with van der Waals surface area (Å²) in [6, 6.07) is 3.56. The Labute approximate surface area is 140 Å². The van der Waals surface area contributed by atoms with Crippen molar-refractivity contribution in [2.45, 2.75) is 20.4 Å². The minimum absolute atomic E-state index is 0. The van der Waals surface area contributed by atoms with Crippen LogP contribution in [0.3, 0.4) is 0 Å². The highest BCUT2D eigenvalue weighted by Crippen LogP contribution is 2.08. The number of fused-ring (bicyclic) bond motifs is 1. The Balaban J connectivity index is 0.00000220. The molecule has 2 rings (SSSR count). The molecule has 0 aliphatic rings. The maximum absolute atomic E-state index is 5.10. The molecule has 0 saturated heterocycles. The van der Waals surface area contributed by atoms with Crippen molar-refractivity contribution in [2.24, 2.45) is 4.99 Å². The number of aliphatic imine (C=N–C) groups is 1. The average molecular weight is 405 g/mol. The largest absolute Gasteiger partial charge is 0.480 e. The molecule has 0 aliphatic carbocycles. The highest BCUT2D eigenvalue weighted by molar-refractivity contribution is 14.0. The first-order valence-corrected chi connectivity index (χ1v) is 6.56. The molecule has 0 aliphatic heterocycles. The quantitative estimate of drug-likeness (QED) is 0.435. The molecule has 2 aromatic rings. The highest BCUT2D eigenvalue weighted by atomic mass is 127. The van der Waals surface area contributed by atoms with Gasteiger partial charge < -0.3 is 15.4 Å². The number of rotatable bonds is 5. The molecule has 0 spiro atoms. The number of ether oxygens (including phenoxy) is 1. The maximum atomic E-state index is 5.10. The van der Waals surface area contributed by atoms with Crippen LogP contribution >= 0.6 is 24.0 Å². The number of hydrogen-bond donors (Lipinski definition) is 2. The van der Waals surface area contributed by atoms with E-state index in [0.29, 0.717) is 23.9 Å². The second-order valence-electron chi connectivity index (χ2n) is 3.99. The van der Waals surface area contributed by atoms with E-state index in [4.69, 9.17) is 4.74 Å². The van der Waals surface area contributed by atoms with Gasteiger partial charge in [0.1, 0.15) is 6.54 Å². The van der Waals surface area contributed by atoms with Gasteiger partial charge in [0.25, 0.3) is 0 Å². The molecule has 0 amide bonds. The zero-order valence-corrected chi connectivity index (χ0v) is 14.7. The lowest BCUT2D eigenvalue weighted by atomic mass is 10.5. The van der Waals surface area contributed by atoms with Crippen molar-refractivity contribution in [3.8, 4) is 5.88 Å². The molecule has 0 atom stereocenters. The number of methoxy groups -OCH3 is 1. The summed E-state index contributed by atoms with van der Waals surface area (Å²) in [6.45, 7) is 6.03. The number of hydrogen-bond acceptors (Lipinski definition) is 5.